The highest BCUT2D eigenvalue weighted by Gasteiger charge is 2.18. The van der Waals surface area contributed by atoms with E-state index in [9.17, 15) is 10.2 Å². The maximum atomic E-state index is 10.5. The number of benzene rings is 1. The van der Waals surface area contributed by atoms with E-state index in [4.69, 9.17) is 30.1 Å². The second-order valence-corrected chi connectivity index (χ2v) is 14.1. The van der Waals surface area contributed by atoms with Gasteiger partial charge in [-0.25, -0.2) is 0 Å². The Labute approximate surface area is 292 Å². The van der Waals surface area contributed by atoms with Crippen molar-refractivity contribution in [3.63, 3.8) is 0 Å². The van der Waals surface area contributed by atoms with Crippen molar-refractivity contribution < 1.29 is 23.4 Å². The van der Waals surface area contributed by atoms with Gasteiger partial charge in [0.05, 0.1) is 49.4 Å². The normalized spacial score (nSPS) is 13.4. The molecule has 1 aromatic carbocycles. The van der Waals surface area contributed by atoms with Crippen LogP contribution in [0.3, 0.4) is 0 Å². The average Bonchev–Trinajstić information content (AvgIpc) is 3.45. The average molecular weight is 689 g/mol. The zero-order chi connectivity index (χ0) is 34.8. The number of aryl methyl sites for hydroxylation is 2. The van der Waals surface area contributed by atoms with Crippen molar-refractivity contribution in [1.29, 1.82) is 5.26 Å². The van der Waals surface area contributed by atoms with E-state index in [2.05, 4.69) is 13.0 Å². The lowest BCUT2D eigenvalue weighted by molar-refractivity contribution is -0.00530. The van der Waals surface area contributed by atoms with Crippen molar-refractivity contribution in [3.8, 4) is 6.07 Å². The van der Waals surface area contributed by atoms with Gasteiger partial charge in [-0.1, -0.05) is 109 Å². The zero-order valence-electron chi connectivity index (χ0n) is 30.2. The summed E-state index contributed by atoms with van der Waals surface area (Å²) in [6.07, 6.45) is 21.6. The number of ether oxygens (including phenoxy) is 2. The first-order valence-electron chi connectivity index (χ1n) is 18.4. The van der Waals surface area contributed by atoms with Crippen LogP contribution in [0.25, 0.3) is 0 Å². The molecule has 0 fully saturated rings. The van der Waals surface area contributed by atoms with Crippen molar-refractivity contribution in [2.45, 2.75) is 155 Å². The molecule has 0 aliphatic heterocycles. The predicted octanol–water partition coefficient (Wildman–Crippen LogP) is 8.89. The lowest BCUT2D eigenvalue weighted by atomic mass is 10.0. The summed E-state index contributed by atoms with van der Waals surface area (Å²) in [5.74, 6) is 6.10. The number of aromatic nitrogens is 1. The fraction of sp³-hybridized carbons (Fsp3) is 0.711. The van der Waals surface area contributed by atoms with Crippen LogP contribution in [-0.4, -0.2) is 42.1 Å². The Balaban J connectivity index is 1.70. The lowest BCUT2D eigenvalue weighted by Gasteiger charge is -2.21. The van der Waals surface area contributed by atoms with Gasteiger partial charge >= 0.3 is 8.60 Å². The van der Waals surface area contributed by atoms with Crippen LogP contribution in [-0.2, 0) is 38.1 Å². The molecule has 0 aliphatic carbocycles. The second-order valence-electron chi connectivity index (χ2n) is 13.1. The fourth-order valence-electron chi connectivity index (χ4n) is 6.00. The highest BCUT2D eigenvalue weighted by atomic mass is 31.2. The summed E-state index contributed by atoms with van der Waals surface area (Å²) in [6.45, 7) is 5.46. The summed E-state index contributed by atoms with van der Waals surface area (Å²) in [6, 6.07) is 11.9. The summed E-state index contributed by atoms with van der Waals surface area (Å²) < 4.78 is 24.9. The molecule has 10 heteroatoms. The van der Waals surface area contributed by atoms with Gasteiger partial charge in [0.25, 0.3) is 0 Å². The molecule has 0 bridgehead atoms. The van der Waals surface area contributed by atoms with E-state index in [1.165, 1.54) is 83.5 Å². The van der Waals surface area contributed by atoms with Crippen LogP contribution in [0.2, 0.25) is 0 Å². The van der Waals surface area contributed by atoms with E-state index in [1.807, 2.05) is 37.3 Å². The van der Waals surface area contributed by atoms with Gasteiger partial charge in [-0.2, -0.15) is 5.26 Å². The minimum atomic E-state index is -2.09. The molecular weight excluding hydrogens is 623 g/mol. The van der Waals surface area contributed by atoms with Crippen LogP contribution < -0.4 is 11.6 Å². The second kappa shape index (κ2) is 26.8. The number of rotatable bonds is 30. The Kier molecular flexibility index (Phi) is 23.5. The van der Waals surface area contributed by atoms with Crippen LogP contribution in [0.1, 0.15) is 144 Å². The molecule has 3 unspecified atom stereocenters. The summed E-state index contributed by atoms with van der Waals surface area (Å²) in [4.78, 5) is 10.5. The molecule has 48 heavy (non-hydrogen) atoms. The Morgan fingerprint density at radius 2 is 1.38 bits per heavy atom. The number of nitrogens with two attached hydrogens (primary N) is 2. The molecular formula is C38H65N4O5P. The van der Waals surface area contributed by atoms with Crippen LogP contribution in [0.5, 0.6) is 0 Å². The van der Waals surface area contributed by atoms with Crippen molar-refractivity contribution in [1.82, 2.24) is 4.68 Å². The highest BCUT2D eigenvalue weighted by molar-refractivity contribution is 7.40. The number of hydrogen-bond donors (Lipinski definition) is 3. The molecule has 0 saturated heterocycles. The third kappa shape index (κ3) is 18.7. The minimum Gasteiger partial charge on any atom is -0.379 e. The van der Waals surface area contributed by atoms with Crippen LogP contribution in [0.4, 0.5) is 0 Å². The number of nitrogen functional groups attached to an aromatic ring is 1. The molecule has 1 aromatic heterocycles. The molecule has 9 nitrogen and oxygen atoms in total. The molecule has 0 radical (unpaired) electrons. The van der Waals surface area contributed by atoms with E-state index in [-0.39, 0.29) is 25.4 Å². The Morgan fingerprint density at radius 1 is 0.812 bits per heavy atom. The molecule has 2 aromatic rings. The smallest absolute Gasteiger partial charge is 0.330 e. The molecule has 0 aliphatic rings. The molecule has 0 saturated carbocycles. The largest absolute Gasteiger partial charge is 0.379 e. The lowest BCUT2D eigenvalue weighted by Crippen LogP contribution is -2.22. The van der Waals surface area contributed by atoms with Crippen molar-refractivity contribution in [2.24, 2.45) is 5.73 Å². The van der Waals surface area contributed by atoms with Gasteiger partial charge in [0.1, 0.15) is 0 Å². The first-order valence-corrected chi connectivity index (χ1v) is 19.6. The zero-order valence-corrected chi connectivity index (χ0v) is 31.1. The number of nitriles is 1. The standard InChI is InChI=1S/C38H65N4O5P/c1-4-5-6-7-8-9-10-11-12-13-14-15-16-17-18-19-38(45-29-34-25-32(2)24-33(26-34)27-39)31-47-48(43)46-30-37(44-3)23-22-35-20-21-36(28-40)42(35)41/h20-21,24-26,37-38,43H,4-19,22-23,28-31,40-41H2,1-3H3. The number of methoxy groups -OCH3 is 1. The van der Waals surface area contributed by atoms with Gasteiger partial charge < -0.3 is 35.0 Å². The summed E-state index contributed by atoms with van der Waals surface area (Å²) in [5.41, 5.74) is 10.2. The van der Waals surface area contributed by atoms with Crippen LogP contribution >= 0.6 is 8.60 Å². The quantitative estimate of drug-likeness (QED) is 0.0420. The Morgan fingerprint density at radius 3 is 1.92 bits per heavy atom. The van der Waals surface area contributed by atoms with Crippen molar-refractivity contribution in [3.05, 3.63) is 58.4 Å². The van der Waals surface area contributed by atoms with Crippen LogP contribution in [0.15, 0.2) is 30.3 Å². The Hall–Kier alpha value is -2.02. The highest BCUT2D eigenvalue weighted by Crippen LogP contribution is 2.34. The minimum absolute atomic E-state index is 0.189. The van der Waals surface area contributed by atoms with Gasteiger partial charge in [-0.15, -0.1) is 0 Å². The number of hydrogen-bond acceptors (Lipinski definition) is 8. The van der Waals surface area contributed by atoms with Gasteiger partial charge in [0, 0.05) is 19.3 Å². The van der Waals surface area contributed by atoms with Crippen molar-refractivity contribution >= 4 is 8.60 Å². The molecule has 1 heterocycles. The maximum Gasteiger partial charge on any atom is 0.330 e. The molecule has 3 atom stereocenters. The summed E-state index contributed by atoms with van der Waals surface area (Å²) >= 11 is 0. The number of nitrogens with zero attached hydrogens (tertiary/aromatic N) is 2. The topological polar surface area (TPSA) is 138 Å². The summed E-state index contributed by atoms with van der Waals surface area (Å²) in [5, 5.41) is 9.36. The predicted molar refractivity (Wildman–Crippen MR) is 197 cm³/mol. The molecule has 2 rings (SSSR count). The van der Waals surface area contributed by atoms with E-state index in [0.29, 0.717) is 31.6 Å². The SMILES string of the molecule is CCCCCCCCCCCCCCCCCC(COP(O)OCC(CCc1ccc(CN)n1N)OC)OCc1cc(C)cc(C#N)c1. The number of unbranched alkanes of at least 4 members (excludes halogenated alkanes) is 14. The van der Waals surface area contributed by atoms with Gasteiger partial charge in [0.2, 0.25) is 0 Å². The van der Waals surface area contributed by atoms with Crippen LogP contribution in [0, 0.1) is 18.3 Å². The first-order chi connectivity index (χ1) is 23.4. The van der Waals surface area contributed by atoms with E-state index in [0.717, 1.165) is 41.8 Å². The van der Waals surface area contributed by atoms with E-state index >= 15 is 0 Å². The summed E-state index contributed by atoms with van der Waals surface area (Å²) in [7, 11) is -0.457. The molecule has 0 spiro atoms. The maximum absolute atomic E-state index is 10.5. The Bertz CT molecular complexity index is 1140. The monoisotopic (exact) mass is 688 g/mol. The van der Waals surface area contributed by atoms with Gasteiger partial charge in [-0.05, 0) is 61.6 Å². The van der Waals surface area contributed by atoms with E-state index < -0.39 is 8.60 Å². The fourth-order valence-corrected chi connectivity index (χ4v) is 6.66. The van der Waals surface area contributed by atoms with Gasteiger partial charge in [0.15, 0.2) is 0 Å². The van der Waals surface area contributed by atoms with Crippen molar-refractivity contribution in [2.75, 3.05) is 26.2 Å². The van der Waals surface area contributed by atoms with E-state index in [1.54, 1.807) is 11.8 Å². The third-order valence-electron chi connectivity index (χ3n) is 8.98. The molecule has 272 valence electrons. The van der Waals surface area contributed by atoms with Gasteiger partial charge in [-0.3, -0.25) is 4.68 Å². The first kappa shape index (κ1) is 42.1. The molecule has 0 amide bonds. The third-order valence-corrected chi connectivity index (χ3v) is 9.72. The molecule has 5 N–H and O–H groups in total.